The van der Waals surface area contributed by atoms with Crippen LogP contribution >= 0.6 is 0 Å². The number of nitrogens with one attached hydrogen (secondary N) is 1. The standard InChI is InChI=1S/C16H27NO3/c1-5-17-16(12-19-9-10-20-13(2)3)14-7-6-8-15(11-14)18-4/h6-8,11,13,16-17H,5,9-10,12H2,1-4H3. The molecule has 0 fully saturated rings. The van der Waals surface area contributed by atoms with Gasteiger partial charge in [-0.05, 0) is 38.1 Å². The van der Waals surface area contributed by atoms with E-state index in [1.807, 2.05) is 32.0 Å². The summed E-state index contributed by atoms with van der Waals surface area (Å²) in [6, 6.07) is 8.25. The summed E-state index contributed by atoms with van der Waals surface area (Å²) in [5, 5.41) is 3.43. The molecule has 4 nitrogen and oxygen atoms in total. The summed E-state index contributed by atoms with van der Waals surface area (Å²) in [4.78, 5) is 0. The molecule has 1 rings (SSSR count). The topological polar surface area (TPSA) is 39.7 Å². The van der Waals surface area contributed by atoms with Gasteiger partial charge >= 0.3 is 0 Å². The van der Waals surface area contributed by atoms with Gasteiger partial charge in [-0.1, -0.05) is 19.1 Å². The molecular weight excluding hydrogens is 254 g/mol. The molecule has 0 saturated carbocycles. The van der Waals surface area contributed by atoms with E-state index >= 15 is 0 Å². The number of benzene rings is 1. The molecule has 1 atom stereocenters. The fourth-order valence-corrected chi connectivity index (χ4v) is 1.92. The second-order valence-corrected chi connectivity index (χ2v) is 4.88. The smallest absolute Gasteiger partial charge is 0.119 e. The van der Waals surface area contributed by atoms with Gasteiger partial charge in [0, 0.05) is 0 Å². The zero-order valence-corrected chi connectivity index (χ0v) is 13.0. The van der Waals surface area contributed by atoms with Crippen molar-refractivity contribution in [1.29, 1.82) is 0 Å². The lowest BCUT2D eigenvalue weighted by atomic mass is 10.1. The van der Waals surface area contributed by atoms with Crippen LogP contribution in [0.15, 0.2) is 24.3 Å². The van der Waals surface area contributed by atoms with Crippen LogP contribution < -0.4 is 10.1 Å². The third-order valence-corrected chi connectivity index (χ3v) is 2.91. The summed E-state index contributed by atoms with van der Waals surface area (Å²) < 4.78 is 16.4. The number of hydrogen-bond donors (Lipinski definition) is 1. The molecule has 0 aliphatic heterocycles. The Morgan fingerprint density at radius 3 is 2.65 bits per heavy atom. The first kappa shape index (κ1) is 17.0. The van der Waals surface area contributed by atoms with E-state index < -0.39 is 0 Å². The molecule has 1 aromatic rings. The summed E-state index contributed by atoms with van der Waals surface area (Å²) in [7, 11) is 1.68. The van der Waals surface area contributed by atoms with Crippen molar-refractivity contribution in [3.05, 3.63) is 29.8 Å². The molecule has 20 heavy (non-hydrogen) atoms. The Labute approximate surface area is 122 Å². The van der Waals surface area contributed by atoms with Crippen LogP contribution in [0, 0.1) is 0 Å². The van der Waals surface area contributed by atoms with Crippen LogP contribution in [0.5, 0.6) is 5.75 Å². The van der Waals surface area contributed by atoms with Gasteiger partial charge in [0.25, 0.3) is 0 Å². The van der Waals surface area contributed by atoms with Gasteiger partial charge in [0.15, 0.2) is 0 Å². The highest BCUT2D eigenvalue weighted by atomic mass is 16.5. The van der Waals surface area contributed by atoms with Gasteiger partial charge in [0.1, 0.15) is 5.75 Å². The second-order valence-electron chi connectivity index (χ2n) is 4.88. The SMILES string of the molecule is CCNC(COCCOC(C)C)c1cccc(OC)c1. The Bertz CT molecular complexity index is 368. The van der Waals surface area contributed by atoms with Crippen LogP contribution in [0.25, 0.3) is 0 Å². The number of ether oxygens (including phenoxy) is 3. The highest BCUT2D eigenvalue weighted by molar-refractivity contribution is 5.30. The lowest BCUT2D eigenvalue weighted by Crippen LogP contribution is -2.26. The van der Waals surface area contributed by atoms with Crippen molar-refractivity contribution in [3.8, 4) is 5.75 Å². The molecule has 0 aliphatic rings. The summed E-state index contributed by atoms with van der Waals surface area (Å²) in [6.07, 6.45) is 0.251. The molecule has 0 saturated heterocycles. The van der Waals surface area contributed by atoms with E-state index in [0.29, 0.717) is 19.8 Å². The average Bonchev–Trinajstić information content (AvgIpc) is 2.45. The van der Waals surface area contributed by atoms with E-state index in [-0.39, 0.29) is 12.1 Å². The van der Waals surface area contributed by atoms with Crippen molar-refractivity contribution in [2.24, 2.45) is 0 Å². The Morgan fingerprint density at radius 1 is 1.20 bits per heavy atom. The van der Waals surface area contributed by atoms with E-state index in [0.717, 1.165) is 12.3 Å². The molecule has 0 spiro atoms. The van der Waals surface area contributed by atoms with E-state index in [1.54, 1.807) is 7.11 Å². The number of hydrogen-bond acceptors (Lipinski definition) is 4. The fourth-order valence-electron chi connectivity index (χ4n) is 1.92. The molecule has 0 heterocycles. The first-order chi connectivity index (χ1) is 9.67. The van der Waals surface area contributed by atoms with Gasteiger partial charge < -0.3 is 19.5 Å². The summed E-state index contributed by atoms with van der Waals surface area (Å²) in [5.74, 6) is 0.869. The Morgan fingerprint density at radius 2 is 2.00 bits per heavy atom. The fraction of sp³-hybridized carbons (Fsp3) is 0.625. The van der Waals surface area contributed by atoms with E-state index in [1.165, 1.54) is 5.56 Å². The van der Waals surface area contributed by atoms with E-state index in [4.69, 9.17) is 14.2 Å². The van der Waals surface area contributed by atoms with E-state index in [2.05, 4.69) is 18.3 Å². The van der Waals surface area contributed by atoms with Gasteiger partial charge in [-0.2, -0.15) is 0 Å². The molecule has 114 valence electrons. The largest absolute Gasteiger partial charge is 0.497 e. The zero-order valence-electron chi connectivity index (χ0n) is 13.0. The molecule has 0 amide bonds. The van der Waals surface area contributed by atoms with Crippen LogP contribution in [0.4, 0.5) is 0 Å². The van der Waals surface area contributed by atoms with Crippen molar-refractivity contribution in [3.63, 3.8) is 0 Å². The Kier molecular flexibility index (Phi) is 8.26. The van der Waals surface area contributed by atoms with Crippen LogP contribution in [0.1, 0.15) is 32.4 Å². The third kappa shape index (κ3) is 6.37. The number of rotatable bonds is 10. The zero-order chi connectivity index (χ0) is 14.8. The average molecular weight is 281 g/mol. The normalized spacial score (nSPS) is 12.7. The quantitative estimate of drug-likeness (QED) is 0.669. The molecule has 0 bridgehead atoms. The molecule has 0 aliphatic carbocycles. The predicted octanol–water partition coefficient (Wildman–Crippen LogP) is 2.79. The maximum absolute atomic E-state index is 5.70. The highest BCUT2D eigenvalue weighted by Gasteiger charge is 2.11. The van der Waals surface area contributed by atoms with Crippen molar-refractivity contribution >= 4 is 0 Å². The molecule has 1 N–H and O–H groups in total. The van der Waals surface area contributed by atoms with E-state index in [9.17, 15) is 0 Å². The number of likely N-dealkylation sites (N-methyl/N-ethyl adjacent to an activating group) is 1. The van der Waals surface area contributed by atoms with Crippen molar-refractivity contribution in [2.45, 2.75) is 32.9 Å². The lowest BCUT2D eigenvalue weighted by Gasteiger charge is -2.19. The predicted molar refractivity (Wildman–Crippen MR) is 81.3 cm³/mol. The second kappa shape index (κ2) is 9.75. The minimum Gasteiger partial charge on any atom is -0.497 e. The third-order valence-electron chi connectivity index (χ3n) is 2.91. The maximum atomic E-state index is 5.70. The van der Waals surface area contributed by atoms with Gasteiger partial charge in [-0.15, -0.1) is 0 Å². The molecule has 4 heteroatoms. The van der Waals surface area contributed by atoms with Gasteiger partial charge in [-0.25, -0.2) is 0 Å². The van der Waals surface area contributed by atoms with Crippen molar-refractivity contribution in [1.82, 2.24) is 5.32 Å². The van der Waals surface area contributed by atoms with Crippen molar-refractivity contribution < 1.29 is 14.2 Å². The number of methoxy groups -OCH3 is 1. The molecule has 0 radical (unpaired) electrons. The summed E-state index contributed by atoms with van der Waals surface area (Å²) in [5.41, 5.74) is 1.18. The van der Waals surface area contributed by atoms with Gasteiger partial charge in [-0.3, -0.25) is 0 Å². The Hall–Kier alpha value is -1.10. The monoisotopic (exact) mass is 281 g/mol. The van der Waals surface area contributed by atoms with Gasteiger partial charge in [0.05, 0.1) is 39.1 Å². The highest BCUT2D eigenvalue weighted by Crippen LogP contribution is 2.19. The maximum Gasteiger partial charge on any atom is 0.119 e. The minimum atomic E-state index is 0.175. The summed E-state index contributed by atoms with van der Waals surface area (Å²) in [6.45, 7) is 8.92. The van der Waals surface area contributed by atoms with Crippen LogP contribution in [0.2, 0.25) is 0 Å². The molecular formula is C16H27NO3. The van der Waals surface area contributed by atoms with Crippen LogP contribution in [-0.2, 0) is 9.47 Å². The van der Waals surface area contributed by atoms with Crippen LogP contribution in [0.3, 0.4) is 0 Å². The van der Waals surface area contributed by atoms with Gasteiger partial charge in [0.2, 0.25) is 0 Å². The van der Waals surface area contributed by atoms with Crippen LogP contribution in [-0.4, -0.2) is 39.6 Å². The molecule has 1 unspecified atom stereocenters. The summed E-state index contributed by atoms with van der Waals surface area (Å²) >= 11 is 0. The first-order valence-corrected chi connectivity index (χ1v) is 7.24. The minimum absolute atomic E-state index is 0.175. The Balaban J connectivity index is 2.46. The van der Waals surface area contributed by atoms with Crippen molar-refractivity contribution in [2.75, 3.05) is 33.5 Å². The first-order valence-electron chi connectivity index (χ1n) is 7.24. The lowest BCUT2D eigenvalue weighted by molar-refractivity contribution is 0.0138. The molecule has 0 aromatic heterocycles. The molecule has 1 aromatic carbocycles.